The Balaban J connectivity index is 0.000000178. The smallest absolute Gasteiger partial charge is 0.178 e. The van der Waals surface area contributed by atoms with E-state index < -0.39 is 0 Å². The van der Waals surface area contributed by atoms with Crippen molar-refractivity contribution in [2.45, 2.75) is 39.8 Å². The first-order chi connectivity index (χ1) is 35.2. The minimum absolute atomic E-state index is 0.0710. The van der Waals surface area contributed by atoms with Crippen molar-refractivity contribution >= 4 is 35.4 Å². The molecule has 2 saturated heterocycles. The quantitative estimate of drug-likeness (QED) is 0.105. The number of aryl methyl sites for hydroxylation is 4. The number of aromatic nitrogens is 8. The predicted octanol–water partition coefficient (Wildman–Crippen LogP) is 10.7. The number of piperazine rings is 2. The first-order valence-electron chi connectivity index (χ1n) is 24.8. The van der Waals surface area contributed by atoms with E-state index in [-0.39, 0.29) is 12.1 Å². The van der Waals surface area contributed by atoms with Crippen LogP contribution in [-0.4, -0.2) is 125 Å². The summed E-state index contributed by atoms with van der Waals surface area (Å²) in [6, 6.07) is 49.5. The molecule has 2 aliphatic rings. The van der Waals surface area contributed by atoms with Gasteiger partial charge in [-0.25, -0.2) is 0 Å². The monoisotopic (exact) mass is 996 g/mol. The lowest BCUT2D eigenvalue weighted by Gasteiger charge is -2.38. The SMILES string of the molecule is Cc1cccc(C)c1-n1nnnc1[C@H](c1ccc(Cl)cc1)N1CCN(C/C=C/c2ccccc2)CC1.Cc1cccc(C)c1-n1nnnc1[C@H](c1ccc(Cl)cc1)N1CCN(C/C=C/c2ccccc2)CC1. The number of nitrogens with zero attached hydrogens (tertiary/aromatic N) is 12. The number of benzene rings is 6. The van der Waals surface area contributed by atoms with Crippen LogP contribution in [0, 0.1) is 27.7 Å². The Morgan fingerprint density at radius 3 is 1.12 bits per heavy atom. The van der Waals surface area contributed by atoms with E-state index in [0.717, 1.165) is 132 Å². The maximum Gasteiger partial charge on any atom is 0.178 e. The molecular formula is C58H62Cl2N12. The molecule has 0 bridgehead atoms. The first kappa shape index (κ1) is 50.3. The molecule has 0 unspecified atom stereocenters. The fraction of sp³-hybridized carbons (Fsp3) is 0.276. The van der Waals surface area contributed by atoms with Gasteiger partial charge in [-0.2, -0.15) is 9.36 Å². The van der Waals surface area contributed by atoms with Crippen LogP contribution in [-0.2, 0) is 0 Å². The number of hydrogen-bond acceptors (Lipinski definition) is 10. The molecule has 0 spiro atoms. The van der Waals surface area contributed by atoms with Crippen molar-refractivity contribution in [1.82, 2.24) is 60.0 Å². The highest BCUT2D eigenvalue weighted by molar-refractivity contribution is 6.30. The van der Waals surface area contributed by atoms with E-state index in [0.29, 0.717) is 0 Å². The molecule has 368 valence electrons. The van der Waals surface area contributed by atoms with Crippen LogP contribution < -0.4 is 0 Å². The molecule has 8 aromatic rings. The molecular weight excluding hydrogens is 936 g/mol. The standard InChI is InChI=1S/2C29H31ClN6/c2*1-22-8-6-9-23(2)27(22)36-29(31-32-33-36)28(25-13-15-26(30)16-14-25)35-20-18-34(19-21-35)17-7-12-24-10-4-3-5-11-24/h2*3-16,28H,17-21H2,1-2H3/b2*12-7+/t2*28-/m00/s1. The average molecular weight is 998 g/mol. The van der Waals surface area contributed by atoms with Gasteiger partial charge in [0, 0.05) is 75.5 Å². The maximum absolute atomic E-state index is 6.24. The summed E-state index contributed by atoms with van der Waals surface area (Å²) in [5, 5.41) is 27.7. The van der Waals surface area contributed by atoms with Gasteiger partial charge in [0.25, 0.3) is 0 Å². The van der Waals surface area contributed by atoms with E-state index in [2.05, 4.69) is 212 Å². The van der Waals surface area contributed by atoms with Gasteiger partial charge < -0.3 is 0 Å². The molecule has 10 rings (SSSR count). The second kappa shape index (κ2) is 24.2. The van der Waals surface area contributed by atoms with Crippen molar-refractivity contribution in [3.8, 4) is 11.4 Å². The molecule has 0 radical (unpaired) electrons. The van der Waals surface area contributed by atoms with Gasteiger partial charge in [0.05, 0.1) is 23.5 Å². The topological polar surface area (TPSA) is 100 Å². The van der Waals surface area contributed by atoms with Gasteiger partial charge >= 0.3 is 0 Å². The fourth-order valence-electron chi connectivity index (χ4n) is 9.88. The zero-order chi connectivity index (χ0) is 49.8. The van der Waals surface area contributed by atoms with Crippen LogP contribution in [0.5, 0.6) is 0 Å². The summed E-state index contributed by atoms with van der Waals surface area (Å²) in [5.41, 5.74) is 11.4. The van der Waals surface area contributed by atoms with Gasteiger partial charge in [0.1, 0.15) is 0 Å². The molecule has 2 fully saturated rings. The molecule has 14 heteroatoms. The third-order valence-corrected chi connectivity index (χ3v) is 14.1. The lowest BCUT2D eigenvalue weighted by Crippen LogP contribution is -2.48. The van der Waals surface area contributed by atoms with Crippen molar-refractivity contribution in [1.29, 1.82) is 0 Å². The van der Waals surface area contributed by atoms with E-state index in [4.69, 9.17) is 23.2 Å². The summed E-state index contributed by atoms with van der Waals surface area (Å²) >= 11 is 12.5. The average Bonchev–Trinajstić information content (AvgIpc) is 4.07. The maximum atomic E-state index is 6.24. The summed E-state index contributed by atoms with van der Waals surface area (Å²) < 4.78 is 3.83. The molecule has 4 heterocycles. The highest BCUT2D eigenvalue weighted by Crippen LogP contribution is 2.33. The summed E-state index contributed by atoms with van der Waals surface area (Å²) in [6.45, 7) is 17.9. The molecule has 0 aliphatic carbocycles. The van der Waals surface area contributed by atoms with E-state index in [1.165, 1.54) is 11.1 Å². The molecule has 0 amide bonds. The summed E-state index contributed by atoms with van der Waals surface area (Å²) in [6.07, 6.45) is 8.90. The van der Waals surface area contributed by atoms with Crippen molar-refractivity contribution in [2.24, 2.45) is 0 Å². The van der Waals surface area contributed by atoms with Crippen LogP contribution in [0.25, 0.3) is 23.5 Å². The molecule has 0 saturated carbocycles. The van der Waals surface area contributed by atoms with Gasteiger partial charge in [0.15, 0.2) is 11.6 Å². The van der Waals surface area contributed by atoms with Crippen LogP contribution in [0.4, 0.5) is 0 Å². The lowest BCUT2D eigenvalue weighted by molar-refractivity contribution is 0.113. The number of rotatable bonds is 14. The number of halogens is 2. The summed E-state index contributed by atoms with van der Waals surface area (Å²) in [4.78, 5) is 9.94. The first-order valence-corrected chi connectivity index (χ1v) is 25.5. The number of para-hydroxylation sites is 2. The molecule has 72 heavy (non-hydrogen) atoms. The Bertz CT molecular complexity index is 2780. The highest BCUT2D eigenvalue weighted by atomic mass is 35.5. The second-order valence-corrected chi connectivity index (χ2v) is 19.5. The van der Waals surface area contributed by atoms with Gasteiger partial charge in [-0.05, 0) is 117 Å². The largest absolute Gasteiger partial charge is 0.297 e. The zero-order valence-corrected chi connectivity index (χ0v) is 43.0. The second-order valence-electron chi connectivity index (χ2n) is 18.6. The minimum atomic E-state index is -0.0710. The fourth-order valence-corrected chi connectivity index (χ4v) is 10.1. The normalized spacial score (nSPS) is 16.0. The molecule has 6 aromatic carbocycles. The van der Waals surface area contributed by atoms with Crippen molar-refractivity contribution < 1.29 is 0 Å². The van der Waals surface area contributed by atoms with Gasteiger partial charge in [0.2, 0.25) is 0 Å². The molecule has 2 atom stereocenters. The van der Waals surface area contributed by atoms with Crippen molar-refractivity contribution in [2.75, 3.05) is 65.4 Å². The van der Waals surface area contributed by atoms with Crippen LogP contribution in [0.2, 0.25) is 10.0 Å². The van der Waals surface area contributed by atoms with Crippen LogP contribution in [0.15, 0.2) is 158 Å². The Hall–Kier alpha value is -6.64. The highest BCUT2D eigenvalue weighted by Gasteiger charge is 2.33. The van der Waals surface area contributed by atoms with E-state index in [1.807, 2.05) is 45.8 Å². The predicted molar refractivity (Wildman–Crippen MR) is 291 cm³/mol. The third-order valence-electron chi connectivity index (χ3n) is 13.6. The Morgan fingerprint density at radius 1 is 0.431 bits per heavy atom. The van der Waals surface area contributed by atoms with E-state index in [9.17, 15) is 0 Å². The van der Waals surface area contributed by atoms with Gasteiger partial charge in [-0.15, -0.1) is 10.2 Å². The molecule has 2 aliphatic heterocycles. The molecule has 2 aromatic heterocycles. The lowest BCUT2D eigenvalue weighted by atomic mass is 10.0. The van der Waals surface area contributed by atoms with Gasteiger partial charge in [-0.3, -0.25) is 19.6 Å². The summed E-state index contributed by atoms with van der Waals surface area (Å²) in [5.74, 6) is 1.65. The third kappa shape index (κ3) is 12.3. The van der Waals surface area contributed by atoms with E-state index >= 15 is 0 Å². The minimum Gasteiger partial charge on any atom is -0.297 e. The van der Waals surface area contributed by atoms with Crippen LogP contribution in [0.3, 0.4) is 0 Å². The Kier molecular flexibility index (Phi) is 16.9. The van der Waals surface area contributed by atoms with Crippen molar-refractivity contribution in [3.05, 3.63) is 224 Å². The van der Waals surface area contributed by atoms with Crippen LogP contribution >= 0.6 is 23.2 Å². The molecule has 12 nitrogen and oxygen atoms in total. The zero-order valence-electron chi connectivity index (χ0n) is 41.5. The number of hydrogen-bond donors (Lipinski definition) is 0. The van der Waals surface area contributed by atoms with Crippen LogP contribution in [0.1, 0.15) is 68.2 Å². The molecule has 0 N–H and O–H groups in total. The summed E-state index contributed by atoms with van der Waals surface area (Å²) in [7, 11) is 0. The Labute approximate surface area is 433 Å². The Morgan fingerprint density at radius 2 is 0.778 bits per heavy atom. The van der Waals surface area contributed by atoms with Gasteiger partial charge in [-0.1, -0.05) is 169 Å². The number of tetrazole rings is 2. The van der Waals surface area contributed by atoms with E-state index in [1.54, 1.807) is 0 Å². The van der Waals surface area contributed by atoms with Crippen molar-refractivity contribution in [3.63, 3.8) is 0 Å².